The summed E-state index contributed by atoms with van der Waals surface area (Å²) >= 11 is 0. The summed E-state index contributed by atoms with van der Waals surface area (Å²) in [5.41, 5.74) is 0. The van der Waals surface area contributed by atoms with E-state index < -0.39 is 0 Å². The molecule has 2 heterocycles. The van der Waals surface area contributed by atoms with Gasteiger partial charge in [-0.15, -0.1) is 0 Å². The molecule has 0 aromatic carbocycles. The quantitative estimate of drug-likeness (QED) is 0.586. The average Bonchev–Trinajstić information content (AvgIpc) is 2.61. The summed E-state index contributed by atoms with van der Waals surface area (Å²) in [5.74, 6) is 1.58. The van der Waals surface area contributed by atoms with E-state index in [1.165, 1.54) is 0 Å². The van der Waals surface area contributed by atoms with Crippen molar-refractivity contribution in [3.05, 3.63) is 12.2 Å². The Kier molecular flexibility index (Phi) is 2.36. The second kappa shape index (κ2) is 3.50. The van der Waals surface area contributed by atoms with Crippen molar-refractivity contribution in [3.8, 4) is 0 Å². The minimum Gasteiger partial charge on any atom is -0.338 e. The number of likely N-dealkylation sites (tertiary alicyclic amines) is 1. The summed E-state index contributed by atoms with van der Waals surface area (Å²) in [6, 6.07) is 0. The first-order valence-corrected chi connectivity index (χ1v) is 4.93. The third-order valence-corrected chi connectivity index (χ3v) is 3.01. The highest BCUT2D eigenvalue weighted by molar-refractivity contribution is 5.87. The van der Waals surface area contributed by atoms with Crippen molar-refractivity contribution in [2.75, 3.05) is 26.2 Å². The maximum absolute atomic E-state index is 11.5. The van der Waals surface area contributed by atoms with Gasteiger partial charge in [0.2, 0.25) is 5.91 Å². The molecule has 2 saturated heterocycles. The molecule has 2 fully saturated rings. The Morgan fingerprint density at radius 1 is 1.38 bits per heavy atom. The minimum atomic E-state index is 0.178. The summed E-state index contributed by atoms with van der Waals surface area (Å²) in [6.45, 7) is 5.95. The third kappa shape index (κ3) is 1.61. The number of hydrogen-bond donors (Lipinski definition) is 1. The van der Waals surface area contributed by atoms with Crippen LogP contribution in [-0.4, -0.2) is 37.0 Å². The maximum atomic E-state index is 11.5. The van der Waals surface area contributed by atoms with Crippen molar-refractivity contribution >= 4 is 5.91 Å². The van der Waals surface area contributed by atoms with E-state index in [2.05, 4.69) is 5.32 Å². The molecule has 0 bridgehead atoms. The molecular formula is C10H16N2O. The van der Waals surface area contributed by atoms with E-state index in [-0.39, 0.29) is 5.91 Å². The fourth-order valence-corrected chi connectivity index (χ4v) is 2.28. The lowest BCUT2D eigenvalue weighted by Gasteiger charge is -2.14. The Bertz CT molecular complexity index is 225. The molecule has 3 heteroatoms. The number of hydrogen-bond acceptors (Lipinski definition) is 2. The SMILES string of the molecule is C/C=C/C(=O)N1C[C@H]2CNC[C@H]2C1. The first kappa shape index (κ1) is 8.75. The van der Waals surface area contributed by atoms with Gasteiger partial charge in [-0.1, -0.05) is 6.08 Å². The Labute approximate surface area is 78.8 Å². The van der Waals surface area contributed by atoms with Crippen molar-refractivity contribution in [1.29, 1.82) is 0 Å². The zero-order chi connectivity index (χ0) is 9.26. The number of fused-ring (bicyclic) bond motifs is 1. The topological polar surface area (TPSA) is 32.3 Å². The van der Waals surface area contributed by atoms with Crippen molar-refractivity contribution in [2.45, 2.75) is 6.92 Å². The van der Waals surface area contributed by atoms with Crippen molar-refractivity contribution in [1.82, 2.24) is 10.2 Å². The van der Waals surface area contributed by atoms with Gasteiger partial charge in [0.15, 0.2) is 0 Å². The molecule has 13 heavy (non-hydrogen) atoms. The Morgan fingerprint density at radius 3 is 2.54 bits per heavy atom. The molecule has 2 aliphatic rings. The normalized spacial score (nSPS) is 32.8. The van der Waals surface area contributed by atoms with Crippen molar-refractivity contribution in [3.63, 3.8) is 0 Å². The summed E-state index contributed by atoms with van der Waals surface area (Å²) in [4.78, 5) is 13.5. The predicted molar refractivity (Wildman–Crippen MR) is 51.2 cm³/mol. The van der Waals surface area contributed by atoms with Gasteiger partial charge in [0, 0.05) is 26.2 Å². The standard InChI is InChI=1S/C10H16N2O/c1-2-3-10(13)12-6-8-4-11-5-9(8)7-12/h2-3,8-9,11H,4-7H2,1H3/b3-2+/t8-,9+. The lowest BCUT2D eigenvalue weighted by atomic mass is 10.0. The second-order valence-electron chi connectivity index (χ2n) is 3.92. The van der Waals surface area contributed by atoms with Crippen LogP contribution in [0.5, 0.6) is 0 Å². The van der Waals surface area contributed by atoms with Gasteiger partial charge >= 0.3 is 0 Å². The highest BCUT2D eigenvalue weighted by atomic mass is 16.2. The van der Waals surface area contributed by atoms with Gasteiger partial charge in [-0.05, 0) is 24.8 Å². The number of amides is 1. The van der Waals surface area contributed by atoms with Gasteiger partial charge < -0.3 is 10.2 Å². The van der Waals surface area contributed by atoms with E-state index in [0.717, 1.165) is 26.2 Å². The van der Waals surface area contributed by atoms with E-state index >= 15 is 0 Å². The molecule has 0 aromatic rings. The molecular weight excluding hydrogens is 164 g/mol. The number of nitrogens with one attached hydrogen (secondary N) is 1. The van der Waals surface area contributed by atoms with Gasteiger partial charge in [-0.3, -0.25) is 4.79 Å². The van der Waals surface area contributed by atoms with Crippen LogP contribution >= 0.6 is 0 Å². The van der Waals surface area contributed by atoms with Gasteiger partial charge in [-0.25, -0.2) is 0 Å². The number of allylic oxidation sites excluding steroid dienone is 1. The van der Waals surface area contributed by atoms with Gasteiger partial charge in [0.05, 0.1) is 0 Å². The van der Waals surface area contributed by atoms with Crippen LogP contribution in [0.2, 0.25) is 0 Å². The first-order valence-electron chi connectivity index (χ1n) is 4.93. The predicted octanol–water partition coefficient (Wildman–Crippen LogP) is 0.240. The van der Waals surface area contributed by atoms with E-state index in [1.807, 2.05) is 17.9 Å². The molecule has 0 saturated carbocycles. The maximum Gasteiger partial charge on any atom is 0.246 e. The highest BCUT2D eigenvalue weighted by Gasteiger charge is 2.37. The summed E-state index contributed by atoms with van der Waals surface area (Å²) in [5, 5.41) is 3.36. The van der Waals surface area contributed by atoms with Crippen LogP contribution in [-0.2, 0) is 4.79 Å². The number of carbonyl (C=O) groups is 1. The fraction of sp³-hybridized carbons (Fsp3) is 0.700. The molecule has 2 rings (SSSR count). The lowest BCUT2D eigenvalue weighted by molar-refractivity contribution is -0.125. The van der Waals surface area contributed by atoms with Crippen LogP contribution in [0.25, 0.3) is 0 Å². The summed E-state index contributed by atoms with van der Waals surface area (Å²) in [7, 11) is 0. The fourth-order valence-electron chi connectivity index (χ4n) is 2.28. The van der Waals surface area contributed by atoms with E-state index in [0.29, 0.717) is 11.8 Å². The van der Waals surface area contributed by atoms with Crippen LogP contribution in [0.4, 0.5) is 0 Å². The van der Waals surface area contributed by atoms with Crippen molar-refractivity contribution < 1.29 is 4.79 Å². The molecule has 0 radical (unpaired) electrons. The molecule has 0 aliphatic carbocycles. The zero-order valence-corrected chi connectivity index (χ0v) is 7.99. The van der Waals surface area contributed by atoms with Crippen LogP contribution in [0.15, 0.2) is 12.2 Å². The van der Waals surface area contributed by atoms with Gasteiger partial charge in [0.25, 0.3) is 0 Å². The van der Waals surface area contributed by atoms with E-state index in [4.69, 9.17) is 0 Å². The number of rotatable bonds is 1. The monoisotopic (exact) mass is 180 g/mol. The zero-order valence-electron chi connectivity index (χ0n) is 7.99. The largest absolute Gasteiger partial charge is 0.338 e. The first-order chi connectivity index (χ1) is 6.31. The van der Waals surface area contributed by atoms with E-state index in [1.54, 1.807) is 6.08 Å². The Balaban J connectivity index is 1.95. The average molecular weight is 180 g/mol. The Hall–Kier alpha value is -0.830. The van der Waals surface area contributed by atoms with E-state index in [9.17, 15) is 4.79 Å². The minimum absolute atomic E-state index is 0.178. The highest BCUT2D eigenvalue weighted by Crippen LogP contribution is 2.26. The van der Waals surface area contributed by atoms with Crippen LogP contribution in [0.3, 0.4) is 0 Å². The lowest BCUT2D eigenvalue weighted by Crippen LogP contribution is -2.30. The van der Waals surface area contributed by atoms with Crippen LogP contribution in [0, 0.1) is 11.8 Å². The molecule has 2 atom stereocenters. The number of carbonyl (C=O) groups excluding carboxylic acids is 1. The molecule has 3 nitrogen and oxygen atoms in total. The Morgan fingerprint density at radius 2 is 2.00 bits per heavy atom. The summed E-state index contributed by atoms with van der Waals surface area (Å²) < 4.78 is 0. The number of nitrogens with zero attached hydrogens (tertiary/aromatic N) is 1. The molecule has 72 valence electrons. The molecule has 0 aromatic heterocycles. The smallest absolute Gasteiger partial charge is 0.246 e. The second-order valence-corrected chi connectivity index (χ2v) is 3.92. The van der Waals surface area contributed by atoms with Gasteiger partial charge in [0.1, 0.15) is 0 Å². The van der Waals surface area contributed by atoms with Crippen LogP contribution in [0.1, 0.15) is 6.92 Å². The molecule has 0 unspecified atom stereocenters. The summed E-state index contributed by atoms with van der Waals surface area (Å²) in [6.07, 6.45) is 3.48. The molecule has 2 aliphatic heterocycles. The molecule has 1 N–H and O–H groups in total. The molecule has 0 spiro atoms. The van der Waals surface area contributed by atoms with Crippen molar-refractivity contribution in [2.24, 2.45) is 11.8 Å². The third-order valence-electron chi connectivity index (χ3n) is 3.01. The molecule has 1 amide bonds. The van der Waals surface area contributed by atoms with Crippen LogP contribution < -0.4 is 5.32 Å². The van der Waals surface area contributed by atoms with Gasteiger partial charge in [-0.2, -0.15) is 0 Å².